The Kier molecular flexibility index (Phi) is 5.98. The van der Waals surface area contributed by atoms with Gasteiger partial charge in [0.05, 0.1) is 0 Å². The van der Waals surface area contributed by atoms with Crippen molar-refractivity contribution in [1.82, 2.24) is 0 Å². The molecule has 0 saturated heterocycles. The quantitative estimate of drug-likeness (QED) is 0.330. The summed E-state index contributed by atoms with van der Waals surface area (Å²) in [6.07, 6.45) is 0. The largest absolute Gasteiger partial charge is 0.475 e. The van der Waals surface area contributed by atoms with Gasteiger partial charge < -0.3 is 20.0 Å². The molecule has 0 fully saturated rings. The van der Waals surface area contributed by atoms with E-state index in [9.17, 15) is 9.59 Å². The van der Waals surface area contributed by atoms with Crippen molar-refractivity contribution in [2.45, 2.75) is 52.7 Å². The number of carboxylic acids is 2. The van der Waals surface area contributed by atoms with E-state index in [0.717, 1.165) is 0 Å². The third kappa shape index (κ3) is 7.59. The van der Waals surface area contributed by atoms with Crippen LogP contribution in [0.15, 0.2) is 11.5 Å². The number of aliphatic carboxylic acids is 2. The normalized spacial score (nSPS) is 13.5. The fourth-order valence-electron chi connectivity index (χ4n) is 0.675. The first-order valence-electron chi connectivity index (χ1n) is 5.76. The smallest absolute Gasteiger partial charge is 0.379 e. The molecule has 0 unspecified atom stereocenters. The van der Waals surface area contributed by atoms with Crippen molar-refractivity contribution in [3.8, 4) is 0 Å². The van der Waals surface area contributed by atoms with Crippen molar-refractivity contribution in [2.75, 3.05) is 0 Å². The Morgan fingerprint density at radius 3 is 1.10 bits per heavy atom. The van der Waals surface area contributed by atoms with Gasteiger partial charge in [-0.3, -0.25) is 0 Å². The van der Waals surface area contributed by atoms with Gasteiger partial charge in [-0.1, -0.05) is 0 Å². The third-order valence-electron chi connectivity index (χ3n) is 1.34. The van der Waals surface area contributed by atoms with Gasteiger partial charge in [0.25, 0.3) is 0 Å². The molecule has 116 valence electrons. The second kappa shape index (κ2) is 6.58. The monoisotopic (exact) mass is 292 g/mol. The third-order valence-corrected chi connectivity index (χ3v) is 1.34. The predicted molar refractivity (Wildman–Crippen MR) is 66.1 cm³/mol. The Morgan fingerprint density at radius 2 is 0.950 bits per heavy atom. The summed E-state index contributed by atoms with van der Waals surface area (Å²) < 4.78 is 0. The summed E-state index contributed by atoms with van der Waals surface area (Å²) in [5.41, 5.74) is -1.68. The Morgan fingerprint density at radius 1 is 0.700 bits per heavy atom. The highest BCUT2D eigenvalue weighted by molar-refractivity contribution is 5.95. The van der Waals surface area contributed by atoms with Crippen LogP contribution in [0.2, 0.25) is 0 Å². The van der Waals surface area contributed by atoms with E-state index in [4.69, 9.17) is 20.0 Å². The van der Waals surface area contributed by atoms with E-state index in [1.54, 1.807) is 41.5 Å². The lowest BCUT2D eigenvalue weighted by Gasteiger charge is -2.20. The van der Waals surface area contributed by atoms with Crippen LogP contribution in [0.4, 0.5) is 0 Å². The molecular formula is C12H20O8. The van der Waals surface area contributed by atoms with Gasteiger partial charge in [0, 0.05) is 0 Å². The van der Waals surface area contributed by atoms with Crippen LogP contribution < -0.4 is 0 Å². The van der Waals surface area contributed by atoms with Gasteiger partial charge in [0.1, 0.15) is 11.2 Å². The average molecular weight is 292 g/mol. The van der Waals surface area contributed by atoms with Crippen molar-refractivity contribution < 1.29 is 39.4 Å². The molecule has 8 heteroatoms. The second-order valence-corrected chi connectivity index (χ2v) is 5.83. The zero-order valence-electron chi connectivity index (χ0n) is 12.3. The highest BCUT2D eigenvalue weighted by Crippen LogP contribution is 2.18. The van der Waals surface area contributed by atoms with Crippen molar-refractivity contribution in [3.63, 3.8) is 0 Å². The van der Waals surface area contributed by atoms with Crippen molar-refractivity contribution in [1.29, 1.82) is 0 Å². The maximum absolute atomic E-state index is 11.0. The minimum atomic E-state index is -1.66. The van der Waals surface area contributed by atoms with Gasteiger partial charge in [-0.2, -0.15) is 9.78 Å². The summed E-state index contributed by atoms with van der Waals surface area (Å²) in [6, 6.07) is 0. The molecular weight excluding hydrogens is 272 g/mol. The summed E-state index contributed by atoms with van der Waals surface area (Å²) >= 11 is 0. The minimum Gasteiger partial charge on any atom is -0.475 e. The van der Waals surface area contributed by atoms with Gasteiger partial charge in [-0.05, 0) is 41.5 Å². The van der Waals surface area contributed by atoms with Gasteiger partial charge in [0.15, 0.2) is 0 Å². The Hall–Kier alpha value is -1.80. The molecule has 0 amide bonds. The zero-order chi connectivity index (χ0) is 16.1. The van der Waals surface area contributed by atoms with Gasteiger partial charge in [-0.15, -0.1) is 0 Å². The standard InChI is InChI=1S/C12H20O8/c1-11(2,3)19-17-7(9(13)14)8(10(15)16)18-20-12(4,5)6/h1-6H3,(H,13,14)(H,15,16). The summed E-state index contributed by atoms with van der Waals surface area (Å²) in [5, 5.41) is 17.9. The molecule has 0 aliphatic heterocycles. The van der Waals surface area contributed by atoms with Crippen molar-refractivity contribution in [2.24, 2.45) is 0 Å². The zero-order valence-corrected chi connectivity index (χ0v) is 12.3. The molecule has 8 nitrogen and oxygen atoms in total. The van der Waals surface area contributed by atoms with Crippen LogP contribution in [0.1, 0.15) is 41.5 Å². The first-order valence-corrected chi connectivity index (χ1v) is 5.76. The fourth-order valence-corrected chi connectivity index (χ4v) is 0.675. The molecule has 0 radical (unpaired) electrons. The van der Waals surface area contributed by atoms with E-state index in [1.165, 1.54) is 0 Å². The summed E-state index contributed by atoms with van der Waals surface area (Å²) in [4.78, 5) is 40.7. The summed E-state index contributed by atoms with van der Waals surface area (Å²) in [7, 11) is 0. The van der Waals surface area contributed by atoms with E-state index >= 15 is 0 Å². The Balaban J connectivity index is 5.25. The van der Waals surface area contributed by atoms with Crippen LogP contribution in [0.5, 0.6) is 0 Å². The maximum Gasteiger partial charge on any atom is 0.379 e. The molecule has 0 aromatic carbocycles. The Bertz CT molecular complexity index is 359. The van der Waals surface area contributed by atoms with E-state index < -0.39 is 34.7 Å². The first-order chi connectivity index (χ1) is 8.83. The average Bonchev–Trinajstić information content (AvgIpc) is 2.18. The predicted octanol–water partition coefficient (Wildman–Crippen LogP) is 1.86. The molecule has 0 atom stereocenters. The number of rotatable bonds is 6. The molecule has 0 aromatic rings. The Labute approximate surface area is 116 Å². The molecule has 0 bridgehead atoms. The van der Waals surface area contributed by atoms with E-state index in [1.807, 2.05) is 0 Å². The van der Waals surface area contributed by atoms with Crippen LogP contribution >= 0.6 is 0 Å². The highest BCUT2D eigenvalue weighted by Gasteiger charge is 2.30. The SMILES string of the molecule is CC(C)(C)OOC(C(=O)O)=C(OOC(C)(C)C)C(=O)O. The molecule has 0 aromatic heterocycles. The van der Waals surface area contributed by atoms with Crippen LogP contribution in [0.3, 0.4) is 0 Å². The van der Waals surface area contributed by atoms with Crippen LogP contribution in [0, 0.1) is 0 Å². The van der Waals surface area contributed by atoms with Crippen molar-refractivity contribution >= 4 is 11.9 Å². The van der Waals surface area contributed by atoms with E-state index in [2.05, 4.69) is 9.78 Å². The number of hydrogen-bond donors (Lipinski definition) is 2. The van der Waals surface area contributed by atoms with E-state index in [-0.39, 0.29) is 0 Å². The number of carboxylic acid groups (broad SMARTS) is 2. The van der Waals surface area contributed by atoms with Crippen molar-refractivity contribution in [3.05, 3.63) is 11.5 Å². The maximum atomic E-state index is 11.0. The molecule has 0 aliphatic carbocycles. The summed E-state index contributed by atoms with van der Waals surface area (Å²) in [6.45, 7) is 9.58. The molecule has 0 spiro atoms. The lowest BCUT2D eigenvalue weighted by Crippen LogP contribution is -2.25. The van der Waals surface area contributed by atoms with Crippen LogP contribution in [0.25, 0.3) is 0 Å². The highest BCUT2D eigenvalue weighted by atomic mass is 17.2. The molecule has 2 N–H and O–H groups in total. The lowest BCUT2D eigenvalue weighted by atomic mass is 10.2. The first kappa shape index (κ1) is 18.2. The topological polar surface area (TPSA) is 112 Å². The van der Waals surface area contributed by atoms with Crippen LogP contribution in [-0.2, 0) is 29.1 Å². The number of carbonyl (C=O) groups is 2. The molecule has 0 heterocycles. The van der Waals surface area contributed by atoms with Gasteiger partial charge in [-0.25, -0.2) is 9.59 Å². The molecule has 0 saturated carbocycles. The minimum absolute atomic E-state index is 0.838. The molecule has 0 aliphatic rings. The van der Waals surface area contributed by atoms with Gasteiger partial charge in [0.2, 0.25) is 0 Å². The molecule has 0 rings (SSSR count). The number of hydrogen-bond acceptors (Lipinski definition) is 6. The second-order valence-electron chi connectivity index (χ2n) is 5.83. The molecule has 20 heavy (non-hydrogen) atoms. The van der Waals surface area contributed by atoms with Gasteiger partial charge >= 0.3 is 23.5 Å². The lowest BCUT2D eigenvalue weighted by molar-refractivity contribution is -0.342. The fraction of sp³-hybridized carbons (Fsp3) is 0.667. The summed E-state index contributed by atoms with van der Waals surface area (Å²) in [5.74, 6) is -5.36. The van der Waals surface area contributed by atoms with E-state index in [0.29, 0.717) is 0 Å². The van der Waals surface area contributed by atoms with Crippen LogP contribution in [-0.4, -0.2) is 33.4 Å².